The van der Waals surface area contributed by atoms with Gasteiger partial charge in [-0.3, -0.25) is 5.32 Å². The topological polar surface area (TPSA) is 80.6 Å². The first-order chi connectivity index (χ1) is 9.69. The molecule has 0 bridgehead atoms. The zero-order valence-corrected chi connectivity index (χ0v) is 10.9. The molecule has 2 N–H and O–H groups in total. The Morgan fingerprint density at radius 3 is 2.55 bits per heavy atom. The molecule has 1 heterocycles. The van der Waals surface area contributed by atoms with Gasteiger partial charge < -0.3 is 14.5 Å². The SMILES string of the molecule is COC(=O)c1ccc(CNC(=O)Nc2ccco2)cc1. The van der Waals surface area contributed by atoms with Gasteiger partial charge in [-0.05, 0) is 23.8 Å². The number of methoxy groups -OCH3 is 1. The van der Waals surface area contributed by atoms with Gasteiger partial charge >= 0.3 is 12.0 Å². The summed E-state index contributed by atoms with van der Waals surface area (Å²) < 4.78 is 9.59. The molecule has 0 atom stereocenters. The molecular weight excluding hydrogens is 260 g/mol. The van der Waals surface area contributed by atoms with E-state index < -0.39 is 0 Å². The summed E-state index contributed by atoms with van der Waals surface area (Å²) in [7, 11) is 1.33. The van der Waals surface area contributed by atoms with Crippen LogP contribution in [-0.2, 0) is 11.3 Å². The standard InChI is InChI=1S/C14H14N2O4/c1-19-13(17)11-6-4-10(5-7-11)9-15-14(18)16-12-3-2-8-20-12/h2-8H,9H2,1H3,(H2,15,16,18). The number of urea groups is 1. The third kappa shape index (κ3) is 3.61. The Morgan fingerprint density at radius 1 is 1.20 bits per heavy atom. The lowest BCUT2D eigenvalue weighted by Crippen LogP contribution is -2.27. The van der Waals surface area contributed by atoms with Crippen molar-refractivity contribution in [1.82, 2.24) is 5.32 Å². The van der Waals surface area contributed by atoms with Crippen LogP contribution in [-0.4, -0.2) is 19.1 Å². The van der Waals surface area contributed by atoms with E-state index in [1.807, 2.05) is 0 Å². The predicted molar refractivity (Wildman–Crippen MR) is 72.3 cm³/mol. The van der Waals surface area contributed by atoms with Crippen LogP contribution in [0.5, 0.6) is 0 Å². The van der Waals surface area contributed by atoms with E-state index in [1.165, 1.54) is 13.4 Å². The molecule has 2 aromatic rings. The molecule has 2 amide bonds. The second kappa shape index (κ2) is 6.42. The van der Waals surface area contributed by atoms with Crippen molar-refractivity contribution in [2.45, 2.75) is 6.54 Å². The lowest BCUT2D eigenvalue weighted by atomic mass is 10.1. The average molecular weight is 274 g/mol. The van der Waals surface area contributed by atoms with Crippen molar-refractivity contribution in [3.8, 4) is 0 Å². The Labute approximate surface area is 115 Å². The van der Waals surface area contributed by atoms with E-state index in [4.69, 9.17) is 4.42 Å². The molecule has 1 aromatic carbocycles. The highest BCUT2D eigenvalue weighted by molar-refractivity contribution is 5.89. The highest BCUT2D eigenvalue weighted by Gasteiger charge is 2.06. The fraction of sp³-hybridized carbons (Fsp3) is 0.143. The number of amides is 2. The van der Waals surface area contributed by atoms with Gasteiger partial charge in [0.05, 0.1) is 18.9 Å². The number of hydrogen-bond acceptors (Lipinski definition) is 4. The molecule has 0 aliphatic heterocycles. The second-order valence-corrected chi connectivity index (χ2v) is 3.97. The first-order valence-electron chi connectivity index (χ1n) is 5.94. The summed E-state index contributed by atoms with van der Waals surface area (Å²) in [5, 5.41) is 5.21. The maximum atomic E-state index is 11.5. The third-order valence-electron chi connectivity index (χ3n) is 2.59. The minimum absolute atomic E-state index is 0.341. The minimum atomic E-state index is -0.389. The number of carbonyl (C=O) groups excluding carboxylic acids is 2. The number of nitrogens with one attached hydrogen (secondary N) is 2. The number of furan rings is 1. The summed E-state index contributed by atoms with van der Waals surface area (Å²) in [5.41, 5.74) is 1.34. The third-order valence-corrected chi connectivity index (χ3v) is 2.59. The van der Waals surface area contributed by atoms with E-state index in [1.54, 1.807) is 36.4 Å². The van der Waals surface area contributed by atoms with Crippen LogP contribution in [0, 0.1) is 0 Å². The van der Waals surface area contributed by atoms with Crippen LogP contribution >= 0.6 is 0 Å². The first-order valence-corrected chi connectivity index (χ1v) is 5.94. The molecule has 0 saturated heterocycles. The van der Waals surface area contributed by atoms with Crippen molar-refractivity contribution in [2.24, 2.45) is 0 Å². The molecule has 1 aromatic heterocycles. The molecule has 2 rings (SSSR count). The average Bonchev–Trinajstić information content (AvgIpc) is 2.97. The molecule has 0 spiro atoms. The van der Waals surface area contributed by atoms with Gasteiger partial charge in [0.25, 0.3) is 0 Å². The van der Waals surface area contributed by atoms with E-state index in [9.17, 15) is 9.59 Å². The number of benzene rings is 1. The summed E-state index contributed by atoms with van der Waals surface area (Å²) in [6.07, 6.45) is 1.47. The monoisotopic (exact) mass is 274 g/mol. The summed E-state index contributed by atoms with van der Waals surface area (Å²) >= 11 is 0. The van der Waals surface area contributed by atoms with Gasteiger partial charge in [0.1, 0.15) is 0 Å². The van der Waals surface area contributed by atoms with Crippen molar-refractivity contribution in [3.05, 3.63) is 53.8 Å². The number of ether oxygens (including phenoxy) is 1. The smallest absolute Gasteiger partial charge is 0.337 e. The molecule has 0 unspecified atom stereocenters. The van der Waals surface area contributed by atoms with Crippen LogP contribution in [0.1, 0.15) is 15.9 Å². The Bertz CT molecular complexity index is 576. The highest BCUT2D eigenvalue weighted by Crippen LogP contribution is 2.07. The van der Waals surface area contributed by atoms with Gasteiger partial charge in [0, 0.05) is 12.6 Å². The van der Waals surface area contributed by atoms with E-state index >= 15 is 0 Å². The number of hydrogen-bond donors (Lipinski definition) is 2. The summed E-state index contributed by atoms with van der Waals surface area (Å²) in [4.78, 5) is 22.8. The Morgan fingerprint density at radius 2 is 1.95 bits per heavy atom. The molecule has 0 radical (unpaired) electrons. The molecule has 104 valence electrons. The second-order valence-electron chi connectivity index (χ2n) is 3.97. The van der Waals surface area contributed by atoms with E-state index in [0.717, 1.165) is 5.56 Å². The van der Waals surface area contributed by atoms with Crippen molar-refractivity contribution in [2.75, 3.05) is 12.4 Å². The number of esters is 1. The Kier molecular flexibility index (Phi) is 4.39. The summed E-state index contributed by atoms with van der Waals surface area (Å²) in [6, 6.07) is 9.75. The molecule has 0 aliphatic rings. The lowest BCUT2D eigenvalue weighted by molar-refractivity contribution is 0.0600. The first kappa shape index (κ1) is 13.7. The Hall–Kier alpha value is -2.76. The summed E-state index contributed by atoms with van der Waals surface area (Å²) in [5.74, 6) is -0.0105. The zero-order valence-electron chi connectivity index (χ0n) is 10.9. The fourth-order valence-electron chi connectivity index (χ4n) is 1.56. The maximum Gasteiger partial charge on any atom is 0.337 e. The molecule has 6 heteroatoms. The molecule has 0 aliphatic carbocycles. The van der Waals surface area contributed by atoms with Gasteiger partial charge in [-0.1, -0.05) is 12.1 Å². The van der Waals surface area contributed by atoms with Gasteiger partial charge in [0.15, 0.2) is 0 Å². The normalized spacial score (nSPS) is 9.85. The van der Waals surface area contributed by atoms with Crippen LogP contribution in [0.3, 0.4) is 0 Å². The lowest BCUT2D eigenvalue weighted by Gasteiger charge is -2.06. The predicted octanol–water partition coefficient (Wildman–Crippen LogP) is 2.39. The minimum Gasteiger partial charge on any atom is -0.465 e. The van der Waals surface area contributed by atoms with Gasteiger partial charge in [-0.15, -0.1) is 0 Å². The van der Waals surface area contributed by atoms with Gasteiger partial charge in [-0.25, -0.2) is 9.59 Å². The van der Waals surface area contributed by atoms with E-state index in [2.05, 4.69) is 15.4 Å². The number of rotatable bonds is 4. The zero-order chi connectivity index (χ0) is 14.4. The number of carbonyl (C=O) groups is 2. The molecule has 6 nitrogen and oxygen atoms in total. The van der Waals surface area contributed by atoms with Gasteiger partial charge in [-0.2, -0.15) is 0 Å². The molecule has 0 fully saturated rings. The van der Waals surface area contributed by atoms with E-state index in [0.29, 0.717) is 18.0 Å². The van der Waals surface area contributed by atoms with Crippen LogP contribution in [0.15, 0.2) is 47.1 Å². The van der Waals surface area contributed by atoms with Crippen LogP contribution in [0.25, 0.3) is 0 Å². The molecular formula is C14H14N2O4. The van der Waals surface area contributed by atoms with Crippen LogP contribution in [0.4, 0.5) is 10.7 Å². The molecule has 20 heavy (non-hydrogen) atoms. The van der Waals surface area contributed by atoms with Crippen molar-refractivity contribution < 1.29 is 18.7 Å². The number of anilines is 1. The van der Waals surface area contributed by atoms with Gasteiger partial charge in [0.2, 0.25) is 5.88 Å². The molecule has 0 saturated carbocycles. The Balaban J connectivity index is 1.84. The van der Waals surface area contributed by atoms with Crippen molar-refractivity contribution in [1.29, 1.82) is 0 Å². The van der Waals surface area contributed by atoms with E-state index in [-0.39, 0.29) is 12.0 Å². The fourth-order valence-corrected chi connectivity index (χ4v) is 1.56. The van der Waals surface area contributed by atoms with Crippen LogP contribution in [0.2, 0.25) is 0 Å². The largest absolute Gasteiger partial charge is 0.465 e. The van der Waals surface area contributed by atoms with Crippen molar-refractivity contribution in [3.63, 3.8) is 0 Å². The quantitative estimate of drug-likeness (QED) is 0.839. The van der Waals surface area contributed by atoms with Crippen molar-refractivity contribution >= 4 is 17.9 Å². The highest BCUT2D eigenvalue weighted by atomic mass is 16.5. The maximum absolute atomic E-state index is 11.5. The van der Waals surface area contributed by atoms with Crippen LogP contribution < -0.4 is 10.6 Å². The summed E-state index contributed by atoms with van der Waals surface area (Å²) in [6.45, 7) is 0.341.